The molecule has 2 N–H and O–H groups in total. The van der Waals surface area contributed by atoms with Crippen molar-refractivity contribution < 1.29 is 10.2 Å². The summed E-state index contributed by atoms with van der Waals surface area (Å²) in [6, 6.07) is 11.8. The van der Waals surface area contributed by atoms with E-state index in [1.807, 2.05) is 24.3 Å². The van der Waals surface area contributed by atoms with Crippen molar-refractivity contribution in [1.29, 1.82) is 0 Å². The molecule has 94 valence electrons. The Morgan fingerprint density at radius 2 is 1.72 bits per heavy atom. The van der Waals surface area contributed by atoms with Crippen LogP contribution in [0.5, 0.6) is 5.75 Å². The summed E-state index contributed by atoms with van der Waals surface area (Å²) in [5, 5.41) is 21.7. The summed E-state index contributed by atoms with van der Waals surface area (Å²) in [6.45, 7) is 0. The number of rotatable bonds is 1. The Hall–Kier alpha value is -1.54. The van der Waals surface area contributed by atoms with E-state index in [1.54, 1.807) is 6.07 Å². The average molecular weight is 242 g/mol. The van der Waals surface area contributed by atoms with E-state index in [4.69, 9.17) is 0 Å². The number of hydrogen-bond donors (Lipinski definition) is 2. The lowest BCUT2D eigenvalue weighted by Crippen LogP contribution is -2.18. The van der Waals surface area contributed by atoms with E-state index < -0.39 is 0 Å². The van der Waals surface area contributed by atoms with Crippen molar-refractivity contribution in [2.45, 2.75) is 37.7 Å². The molecule has 3 rings (SSSR count). The van der Waals surface area contributed by atoms with Gasteiger partial charge in [0.05, 0.1) is 6.10 Å². The lowest BCUT2D eigenvalue weighted by Gasteiger charge is -2.27. The van der Waals surface area contributed by atoms with Gasteiger partial charge in [-0.2, -0.15) is 0 Å². The molecule has 0 amide bonds. The van der Waals surface area contributed by atoms with Gasteiger partial charge in [0.15, 0.2) is 0 Å². The van der Waals surface area contributed by atoms with E-state index in [0.717, 1.165) is 36.5 Å². The van der Waals surface area contributed by atoms with Crippen molar-refractivity contribution >= 4 is 10.8 Å². The third kappa shape index (κ3) is 1.97. The van der Waals surface area contributed by atoms with Crippen molar-refractivity contribution in [3.8, 4) is 5.75 Å². The molecule has 0 aliphatic heterocycles. The van der Waals surface area contributed by atoms with E-state index in [9.17, 15) is 10.2 Å². The van der Waals surface area contributed by atoms with Crippen molar-refractivity contribution in [3.63, 3.8) is 0 Å². The average Bonchev–Trinajstić information content (AvgIpc) is 2.39. The molecule has 2 atom stereocenters. The predicted octanol–water partition coefficient (Wildman–Crippen LogP) is 3.56. The third-order valence-corrected chi connectivity index (χ3v) is 4.02. The molecule has 1 aliphatic carbocycles. The summed E-state index contributed by atoms with van der Waals surface area (Å²) >= 11 is 0. The largest absolute Gasteiger partial charge is 0.507 e. The minimum atomic E-state index is -0.170. The van der Waals surface area contributed by atoms with Gasteiger partial charge in [0.2, 0.25) is 0 Å². The Morgan fingerprint density at radius 1 is 0.944 bits per heavy atom. The highest BCUT2D eigenvalue weighted by molar-refractivity contribution is 5.91. The molecular weight excluding hydrogens is 224 g/mol. The second kappa shape index (κ2) is 4.62. The molecule has 2 aromatic carbocycles. The molecule has 2 aromatic rings. The third-order valence-electron chi connectivity index (χ3n) is 4.02. The van der Waals surface area contributed by atoms with Gasteiger partial charge in [0.1, 0.15) is 5.75 Å². The second-order valence-electron chi connectivity index (χ2n) is 5.24. The zero-order valence-corrected chi connectivity index (χ0v) is 10.3. The number of phenols is 1. The number of aliphatic hydroxyl groups is 1. The zero-order valence-electron chi connectivity index (χ0n) is 10.3. The lowest BCUT2D eigenvalue weighted by molar-refractivity contribution is 0.120. The number of fused-ring (bicyclic) bond motifs is 1. The van der Waals surface area contributed by atoms with Gasteiger partial charge in [0.25, 0.3) is 0 Å². The Morgan fingerprint density at radius 3 is 2.50 bits per heavy atom. The first-order valence-electron chi connectivity index (χ1n) is 6.64. The van der Waals surface area contributed by atoms with Crippen LogP contribution < -0.4 is 0 Å². The second-order valence-corrected chi connectivity index (χ2v) is 5.24. The minimum absolute atomic E-state index is 0.170. The minimum Gasteiger partial charge on any atom is -0.507 e. The van der Waals surface area contributed by atoms with Crippen LogP contribution in [0.15, 0.2) is 36.4 Å². The van der Waals surface area contributed by atoms with Crippen LogP contribution in [0.3, 0.4) is 0 Å². The Kier molecular flexibility index (Phi) is 2.96. The summed E-state index contributed by atoms with van der Waals surface area (Å²) in [7, 11) is 0. The Balaban J connectivity index is 2.09. The van der Waals surface area contributed by atoms with E-state index in [1.165, 1.54) is 5.56 Å². The van der Waals surface area contributed by atoms with Gasteiger partial charge in [-0.15, -0.1) is 0 Å². The lowest BCUT2D eigenvalue weighted by atomic mass is 9.81. The van der Waals surface area contributed by atoms with E-state index in [0.29, 0.717) is 11.7 Å². The highest BCUT2D eigenvalue weighted by Gasteiger charge is 2.23. The maximum absolute atomic E-state index is 9.90. The Labute approximate surface area is 107 Å². The van der Waals surface area contributed by atoms with Crippen molar-refractivity contribution in [3.05, 3.63) is 42.0 Å². The fourth-order valence-electron chi connectivity index (χ4n) is 3.11. The van der Waals surface area contributed by atoms with Crippen LogP contribution >= 0.6 is 0 Å². The van der Waals surface area contributed by atoms with Crippen LogP contribution in [0, 0.1) is 0 Å². The maximum atomic E-state index is 9.90. The molecule has 1 aliphatic rings. The first-order chi connectivity index (χ1) is 8.75. The molecule has 18 heavy (non-hydrogen) atoms. The maximum Gasteiger partial charge on any atom is 0.123 e. The van der Waals surface area contributed by atoms with Crippen LogP contribution in [-0.4, -0.2) is 16.3 Å². The number of hydrogen-bond acceptors (Lipinski definition) is 2. The summed E-state index contributed by atoms with van der Waals surface area (Å²) in [4.78, 5) is 0. The molecule has 0 saturated heterocycles. The molecule has 1 saturated carbocycles. The summed E-state index contributed by atoms with van der Waals surface area (Å²) in [6.07, 6.45) is 3.81. The quantitative estimate of drug-likeness (QED) is 0.802. The summed E-state index contributed by atoms with van der Waals surface area (Å²) in [5.74, 6) is 0.755. The number of phenolic OH excluding ortho intramolecular Hbond substituents is 1. The predicted molar refractivity (Wildman–Crippen MR) is 72.8 cm³/mol. The van der Waals surface area contributed by atoms with Gasteiger partial charge in [-0.05, 0) is 42.2 Å². The fraction of sp³-hybridized carbons (Fsp3) is 0.375. The zero-order chi connectivity index (χ0) is 12.5. The van der Waals surface area contributed by atoms with E-state index in [-0.39, 0.29) is 6.10 Å². The van der Waals surface area contributed by atoms with Gasteiger partial charge in [0, 0.05) is 5.39 Å². The first kappa shape index (κ1) is 11.5. The molecule has 0 spiro atoms. The molecule has 0 bridgehead atoms. The highest BCUT2D eigenvalue weighted by Crippen LogP contribution is 2.38. The molecular formula is C16H18O2. The SMILES string of the molecule is Oc1ccc(C2CCCC(O)C2)c2ccccc12. The van der Waals surface area contributed by atoms with E-state index >= 15 is 0 Å². The van der Waals surface area contributed by atoms with Crippen LogP contribution in [0.2, 0.25) is 0 Å². The molecule has 2 heteroatoms. The van der Waals surface area contributed by atoms with Crippen LogP contribution in [-0.2, 0) is 0 Å². The summed E-state index contributed by atoms with van der Waals surface area (Å²) < 4.78 is 0. The standard InChI is InChI=1S/C16H18O2/c17-12-5-3-4-11(10-12)13-8-9-16(18)15-7-2-1-6-14(13)15/h1-2,6-9,11-12,17-18H,3-5,10H2. The molecule has 2 unspecified atom stereocenters. The van der Waals surface area contributed by atoms with Crippen molar-refractivity contribution in [2.75, 3.05) is 0 Å². The molecule has 0 radical (unpaired) electrons. The number of aliphatic hydroxyl groups excluding tert-OH is 1. The van der Waals surface area contributed by atoms with Gasteiger partial charge in [-0.25, -0.2) is 0 Å². The fourth-order valence-corrected chi connectivity index (χ4v) is 3.11. The monoisotopic (exact) mass is 242 g/mol. The van der Waals surface area contributed by atoms with Gasteiger partial charge in [-0.3, -0.25) is 0 Å². The topological polar surface area (TPSA) is 40.5 Å². The molecule has 1 fully saturated rings. The van der Waals surface area contributed by atoms with Crippen LogP contribution in [0.25, 0.3) is 10.8 Å². The van der Waals surface area contributed by atoms with Crippen LogP contribution in [0.4, 0.5) is 0 Å². The van der Waals surface area contributed by atoms with Crippen LogP contribution in [0.1, 0.15) is 37.2 Å². The van der Waals surface area contributed by atoms with Gasteiger partial charge < -0.3 is 10.2 Å². The molecule has 0 aromatic heterocycles. The molecule has 0 heterocycles. The Bertz CT molecular complexity index is 562. The smallest absolute Gasteiger partial charge is 0.123 e. The first-order valence-corrected chi connectivity index (χ1v) is 6.64. The van der Waals surface area contributed by atoms with Gasteiger partial charge >= 0.3 is 0 Å². The molecule has 2 nitrogen and oxygen atoms in total. The van der Waals surface area contributed by atoms with Gasteiger partial charge in [-0.1, -0.05) is 36.8 Å². The normalized spacial score (nSPS) is 24.3. The number of aromatic hydroxyl groups is 1. The van der Waals surface area contributed by atoms with Crippen molar-refractivity contribution in [2.24, 2.45) is 0 Å². The van der Waals surface area contributed by atoms with E-state index in [2.05, 4.69) is 6.07 Å². The highest BCUT2D eigenvalue weighted by atomic mass is 16.3. The summed E-state index contributed by atoms with van der Waals surface area (Å²) in [5.41, 5.74) is 1.27. The van der Waals surface area contributed by atoms with Crippen molar-refractivity contribution in [1.82, 2.24) is 0 Å². The number of benzene rings is 2.